The van der Waals surface area contributed by atoms with Crippen molar-refractivity contribution in [2.24, 2.45) is 0 Å². The van der Waals surface area contributed by atoms with Gasteiger partial charge in [-0.05, 0) is 30.8 Å². The van der Waals surface area contributed by atoms with Crippen LogP contribution in [0.4, 0.5) is 5.69 Å². The van der Waals surface area contributed by atoms with E-state index in [1.807, 2.05) is 54.6 Å². The molecule has 0 aliphatic heterocycles. The number of likely N-dealkylation sites (N-methyl/N-ethyl adjacent to an activating group) is 1. The number of nitrogens with one attached hydrogen (secondary N) is 2. The minimum atomic E-state index is -0.162. The van der Waals surface area contributed by atoms with Crippen molar-refractivity contribution in [3.05, 3.63) is 60.2 Å². The van der Waals surface area contributed by atoms with E-state index in [0.717, 1.165) is 25.2 Å². The normalized spacial score (nSPS) is 10.6. The molecule has 2 aromatic rings. The predicted molar refractivity (Wildman–Crippen MR) is 116 cm³/mol. The molecule has 0 spiro atoms. The monoisotopic (exact) mass is 397 g/mol. The summed E-state index contributed by atoms with van der Waals surface area (Å²) in [5, 5.41) is 5.66. The predicted octanol–water partition coefficient (Wildman–Crippen LogP) is 3.09. The quantitative estimate of drug-likeness (QED) is 0.577. The molecule has 0 aliphatic rings. The van der Waals surface area contributed by atoms with Crippen LogP contribution >= 0.6 is 0 Å². The molecule has 6 nitrogen and oxygen atoms in total. The molecular formula is C23H31N3O3. The molecule has 2 aromatic carbocycles. The van der Waals surface area contributed by atoms with Gasteiger partial charge in [0.2, 0.25) is 11.8 Å². The second-order valence-corrected chi connectivity index (χ2v) is 6.68. The van der Waals surface area contributed by atoms with Gasteiger partial charge in [-0.1, -0.05) is 56.3 Å². The Labute approximate surface area is 173 Å². The molecule has 0 bridgehead atoms. The van der Waals surface area contributed by atoms with Gasteiger partial charge in [0.15, 0.2) is 0 Å². The molecule has 2 amide bonds. The van der Waals surface area contributed by atoms with Crippen molar-refractivity contribution in [2.75, 3.05) is 38.1 Å². The number of hydrogen-bond donors (Lipinski definition) is 2. The van der Waals surface area contributed by atoms with Crippen LogP contribution in [-0.4, -0.2) is 49.5 Å². The van der Waals surface area contributed by atoms with Crippen molar-refractivity contribution in [3.8, 4) is 5.75 Å². The number of ether oxygens (including phenoxy) is 1. The van der Waals surface area contributed by atoms with Gasteiger partial charge < -0.3 is 20.3 Å². The molecule has 0 fully saturated rings. The highest BCUT2D eigenvalue weighted by atomic mass is 16.5. The van der Waals surface area contributed by atoms with Crippen LogP contribution < -0.4 is 15.4 Å². The largest absolute Gasteiger partial charge is 0.490 e. The summed E-state index contributed by atoms with van der Waals surface area (Å²) in [4.78, 5) is 26.5. The molecule has 0 aromatic heterocycles. The highest BCUT2D eigenvalue weighted by Crippen LogP contribution is 2.23. The number of para-hydroxylation sites is 2. The molecule has 156 valence electrons. The molecule has 2 N–H and O–H groups in total. The molecule has 0 radical (unpaired) electrons. The lowest BCUT2D eigenvalue weighted by Gasteiger charge is -2.19. The lowest BCUT2D eigenvalue weighted by molar-refractivity contribution is -0.120. The van der Waals surface area contributed by atoms with Crippen molar-refractivity contribution in [3.63, 3.8) is 0 Å². The number of carbonyl (C=O) groups is 2. The molecule has 2 rings (SSSR count). The second-order valence-electron chi connectivity index (χ2n) is 6.68. The van der Waals surface area contributed by atoms with Gasteiger partial charge in [0.1, 0.15) is 12.4 Å². The van der Waals surface area contributed by atoms with Gasteiger partial charge in [-0.3, -0.25) is 9.59 Å². The summed E-state index contributed by atoms with van der Waals surface area (Å²) in [6.07, 6.45) is 0.514. The van der Waals surface area contributed by atoms with Crippen molar-refractivity contribution >= 4 is 17.5 Å². The van der Waals surface area contributed by atoms with E-state index in [4.69, 9.17) is 4.74 Å². The zero-order valence-electron chi connectivity index (χ0n) is 17.3. The number of hydrogen-bond acceptors (Lipinski definition) is 4. The van der Waals surface area contributed by atoms with Gasteiger partial charge >= 0.3 is 0 Å². The molecule has 0 saturated heterocycles. The average Bonchev–Trinajstić information content (AvgIpc) is 2.73. The Morgan fingerprint density at radius 3 is 2.34 bits per heavy atom. The summed E-state index contributed by atoms with van der Waals surface area (Å²) in [5.41, 5.74) is 1.60. The van der Waals surface area contributed by atoms with Gasteiger partial charge in [-0.15, -0.1) is 0 Å². The van der Waals surface area contributed by atoms with Crippen LogP contribution in [0.3, 0.4) is 0 Å². The van der Waals surface area contributed by atoms with E-state index in [9.17, 15) is 9.59 Å². The van der Waals surface area contributed by atoms with Crippen molar-refractivity contribution in [2.45, 2.75) is 26.7 Å². The summed E-state index contributed by atoms with van der Waals surface area (Å²) in [6.45, 7) is 7.89. The Balaban J connectivity index is 1.75. The number of amides is 2. The number of anilines is 1. The van der Waals surface area contributed by atoms with Gasteiger partial charge in [0.05, 0.1) is 12.1 Å². The number of carbonyl (C=O) groups excluding carboxylic acids is 2. The Morgan fingerprint density at radius 2 is 1.62 bits per heavy atom. The first-order valence-electron chi connectivity index (χ1n) is 10.2. The summed E-state index contributed by atoms with van der Waals surface area (Å²) in [5.74, 6) is 0.398. The molecule has 29 heavy (non-hydrogen) atoms. The second kappa shape index (κ2) is 12.6. The van der Waals surface area contributed by atoms with E-state index in [1.165, 1.54) is 0 Å². The van der Waals surface area contributed by atoms with Crippen LogP contribution in [0.2, 0.25) is 0 Å². The first kappa shape index (κ1) is 22.4. The zero-order valence-corrected chi connectivity index (χ0v) is 17.3. The molecule has 6 heteroatoms. The molecule has 0 saturated carbocycles. The van der Waals surface area contributed by atoms with E-state index < -0.39 is 0 Å². The fourth-order valence-corrected chi connectivity index (χ4v) is 2.89. The minimum Gasteiger partial charge on any atom is -0.490 e. The van der Waals surface area contributed by atoms with Crippen LogP contribution in [0, 0.1) is 0 Å². The topological polar surface area (TPSA) is 70.7 Å². The standard InChI is InChI=1S/C23H31N3O3/c1-3-26(4-2)16-17-29-21-13-9-8-12-20(21)25-22(27)14-15-24-23(28)18-19-10-6-5-7-11-19/h5-13H,3-4,14-18H2,1-2H3,(H,24,28)(H,25,27). The minimum absolute atomic E-state index is 0.0934. The Hall–Kier alpha value is -2.86. The van der Waals surface area contributed by atoms with E-state index in [2.05, 4.69) is 29.4 Å². The molecule has 0 aliphatic carbocycles. The highest BCUT2D eigenvalue weighted by Gasteiger charge is 2.09. The smallest absolute Gasteiger partial charge is 0.226 e. The Morgan fingerprint density at radius 1 is 0.931 bits per heavy atom. The third kappa shape index (κ3) is 8.35. The first-order valence-corrected chi connectivity index (χ1v) is 10.2. The third-order valence-electron chi connectivity index (χ3n) is 4.60. The summed E-state index contributed by atoms with van der Waals surface area (Å²) >= 11 is 0. The maximum Gasteiger partial charge on any atom is 0.226 e. The lowest BCUT2D eigenvalue weighted by atomic mass is 10.1. The summed E-state index contributed by atoms with van der Waals surface area (Å²) < 4.78 is 5.86. The lowest BCUT2D eigenvalue weighted by Crippen LogP contribution is -2.29. The third-order valence-corrected chi connectivity index (χ3v) is 4.60. The molecule has 0 unspecified atom stereocenters. The van der Waals surface area contributed by atoms with Crippen LogP contribution in [-0.2, 0) is 16.0 Å². The van der Waals surface area contributed by atoms with Crippen LogP contribution in [0.1, 0.15) is 25.8 Å². The van der Waals surface area contributed by atoms with Crippen LogP contribution in [0.15, 0.2) is 54.6 Å². The van der Waals surface area contributed by atoms with Crippen molar-refractivity contribution in [1.82, 2.24) is 10.2 Å². The van der Waals surface area contributed by atoms with Gasteiger partial charge in [-0.25, -0.2) is 0 Å². The van der Waals surface area contributed by atoms with E-state index in [0.29, 0.717) is 31.0 Å². The first-order chi connectivity index (χ1) is 14.1. The van der Waals surface area contributed by atoms with E-state index in [1.54, 1.807) is 0 Å². The number of benzene rings is 2. The summed E-state index contributed by atoms with van der Waals surface area (Å²) in [6, 6.07) is 16.9. The molecular weight excluding hydrogens is 366 g/mol. The zero-order chi connectivity index (χ0) is 20.9. The Kier molecular flexibility index (Phi) is 9.72. The molecule has 0 atom stereocenters. The van der Waals surface area contributed by atoms with Crippen LogP contribution in [0.25, 0.3) is 0 Å². The highest BCUT2D eigenvalue weighted by molar-refractivity contribution is 5.92. The number of rotatable bonds is 12. The Bertz CT molecular complexity index is 761. The summed E-state index contributed by atoms with van der Waals surface area (Å²) in [7, 11) is 0. The fraction of sp³-hybridized carbons (Fsp3) is 0.391. The van der Waals surface area contributed by atoms with Gasteiger partial charge in [-0.2, -0.15) is 0 Å². The van der Waals surface area contributed by atoms with E-state index in [-0.39, 0.29) is 18.2 Å². The number of nitrogens with zero attached hydrogens (tertiary/aromatic N) is 1. The maximum atomic E-state index is 12.3. The maximum absolute atomic E-state index is 12.3. The van der Waals surface area contributed by atoms with Crippen molar-refractivity contribution < 1.29 is 14.3 Å². The SMILES string of the molecule is CCN(CC)CCOc1ccccc1NC(=O)CCNC(=O)Cc1ccccc1. The van der Waals surface area contributed by atoms with Gasteiger partial charge in [0.25, 0.3) is 0 Å². The fourth-order valence-electron chi connectivity index (χ4n) is 2.89. The van der Waals surface area contributed by atoms with E-state index >= 15 is 0 Å². The average molecular weight is 398 g/mol. The molecule has 0 heterocycles. The van der Waals surface area contributed by atoms with Gasteiger partial charge in [0, 0.05) is 19.5 Å². The van der Waals surface area contributed by atoms with Crippen LogP contribution in [0.5, 0.6) is 5.75 Å². The van der Waals surface area contributed by atoms with Crippen molar-refractivity contribution in [1.29, 1.82) is 0 Å².